The average Bonchev–Trinajstić information content (AvgIpc) is 2.60. The smallest absolute Gasteiger partial charge is 0.368 e. The van der Waals surface area contributed by atoms with Crippen LogP contribution < -0.4 is 21.5 Å². The fourth-order valence-electron chi connectivity index (χ4n) is 2.07. The molecule has 0 aliphatic heterocycles. The van der Waals surface area contributed by atoms with Crippen molar-refractivity contribution in [2.75, 3.05) is 29.4 Å². The molecule has 1 aromatic heterocycles. The molecule has 0 fully saturated rings. The largest absolute Gasteiger partial charge is 0.416 e. The number of hydrogen-bond acceptors (Lipinski definition) is 7. The van der Waals surface area contributed by atoms with E-state index in [1.165, 1.54) is 30.9 Å². The number of carbonyl (C=O) groups is 1. The number of carbonyl (C=O) groups excluding carboxylic acids is 1. The van der Waals surface area contributed by atoms with E-state index in [1.54, 1.807) is 6.26 Å². The lowest BCUT2D eigenvalue weighted by atomic mass is 10.2. The third-order valence-corrected chi connectivity index (χ3v) is 3.90. The Morgan fingerprint density at radius 3 is 2.67 bits per heavy atom. The van der Waals surface area contributed by atoms with Crippen LogP contribution in [-0.4, -0.2) is 29.3 Å². The van der Waals surface area contributed by atoms with Gasteiger partial charge in [-0.2, -0.15) is 23.4 Å². The fraction of sp³-hybridized carbons (Fsp3) is 0.200. The Bertz CT molecular complexity index is 898. The first kappa shape index (κ1) is 20.1. The van der Waals surface area contributed by atoms with Gasteiger partial charge in [0.1, 0.15) is 16.7 Å². The Kier molecular flexibility index (Phi) is 5.96. The molecule has 1 heterocycles. The van der Waals surface area contributed by atoms with Crippen LogP contribution in [0.5, 0.6) is 0 Å². The first-order chi connectivity index (χ1) is 12.7. The number of amides is 2. The lowest BCUT2D eigenvalue weighted by Gasteiger charge is -2.21. The van der Waals surface area contributed by atoms with Gasteiger partial charge in [-0.05, 0) is 24.5 Å². The standard InChI is InChI=1S/C15H14F3N7OS/c1-25(11-10(7-19)12(27-2)23-13(20)22-11)24-14(26)21-9-5-3-4-8(6-9)15(16,17)18/h3-6H,1-2H3,(H2,20,22,23)(H2,21,24,26). The number of hydrogen-bond donors (Lipinski definition) is 3. The molecule has 142 valence electrons. The molecular weight excluding hydrogens is 383 g/mol. The number of nitrogens with one attached hydrogen (secondary N) is 2. The number of nitrogens with zero attached hydrogens (tertiary/aromatic N) is 4. The van der Waals surface area contributed by atoms with Crippen LogP contribution in [0, 0.1) is 11.3 Å². The molecule has 0 bridgehead atoms. The molecule has 8 nitrogen and oxygen atoms in total. The van der Waals surface area contributed by atoms with Crippen LogP contribution in [0.2, 0.25) is 0 Å². The first-order valence-electron chi connectivity index (χ1n) is 7.26. The predicted octanol–water partition coefficient (Wildman–Crippen LogP) is 2.84. The maximum atomic E-state index is 12.7. The third kappa shape index (κ3) is 4.91. The lowest BCUT2D eigenvalue weighted by Crippen LogP contribution is -2.43. The van der Waals surface area contributed by atoms with Gasteiger partial charge < -0.3 is 11.1 Å². The number of thioether (sulfide) groups is 1. The van der Waals surface area contributed by atoms with Gasteiger partial charge in [-0.15, -0.1) is 11.8 Å². The van der Waals surface area contributed by atoms with Crippen LogP contribution in [0.4, 0.5) is 35.4 Å². The second-order valence-corrected chi connectivity index (χ2v) is 5.90. The molecule has 0 atom stereocenters. The zero-order valence-electron chi connectivity index (χ0n) is 14.1. The summed E-state index contributed by atoms with van der Waals surface area (Å²) in [6.45, 7) is 0. The van der Waals surface area contributed by atoms with Crippen LogP contribution in [0.3, 0.4) is 0 Å². The van der Waals surface area contributed by atoms with Crippen molar-refractivity contribution in [2.45, 2.75) is 11.2 Å². The van der Waals surface area contributed by atoms with Crippen LogP contribution in [-0.2, 0) is 6.18 Å². The van der Waals surface area contributed by atoms with Crippen LogP contribution >= 0.6 is 11.8 Å². The number of halogens is 3. The van der Waals surface area contributed by atoms with E-state index in [0.717, 1.165) is 17.1 Å². The number of rotatable bonds is 4. The van der Waals surface area contributed by atoms with Crippen molar-refractivity contribution in [2.24, 2.45) is 0 Å². The van der Waals surface area contributed by atoms with Gasteiger partial charge in [0.25, 0.3) is 0 Å². The molecule has 0 saturated heterocycles. The summed E-state index contributed by atoms with van der Waals surface area (Å²) in [6.07, 6.45) is -2.83. The van der Waals surface area contributed by atoms with Gasteiger partial charge in [-0.1, -0.05) is 6.07 Å². The number of nitriles is 1. The van der Waals surface area contributed by atoms with Crippen molar-refractivity contribution in [3.63, 3.8) is 0 Å². The van der Waals surface area contributed by atoms with E-state index in [4.69, 9.17) is 5.73 Å². The fourth-order valence-corrected chi connectivity index (χ4v) is 2.60. The molecule has 2 rings (SSSR count). The van der Waals surface area contributed by atoms with E-state index < -0.39 is 17.8 Å². The average molecular weight is 397 g/mol. The Hall–Kier alpha value is -3.20. The summed E-state index contributed by atoms with van der Waals surface area (Å²) in [5.41, 5.74) is 7.10. The van der Waals surface area contributed by atoms with E-state index in [2.05, 4.69) is 20.7 Å². The van der Waals surface area contributed by atoms with Crippen molar-refractivity contribution < 1.29 is 18.0 Å². The monoisotopic (exact) mass is 397 g/mol. The summed E-state index contributed by atoms with van der Waals surface area (Å²) in [7, 11) is 1.40. The Morgan fingerprint density at radius 2 is 2.07 bits per heavy atom. The second-order valence-electron chi connectivity index (χ2n) is 5.11. The molecule has 0 saturated carbocycles. The van der Waals surface area contributed by atoms with E-state index in [9.17, 15) is 23.2 Å². The quantitative estimate of drug-likeness (QED) is 0.412. The van der Waals surface area contributed by atoms with Crippen molar-refractivity contribution in [3.8, 4) is 6.07 Å². The summed E-state index contributed by atoms with van der Waals surface area (Å²) in [6, 6.07) is 5.27. The van der Waals surface area contributed by atoms with Gasteiger partial charge in [-0.3, -0.25) is 5.01 Å². The number of benzene rings is 1. The molecule has 0 aliphatic rings. The normalized spacial score (nSPS) is 10.8. The highest BCUT2D eigenvalue weighted by Crippen LogP contribution is 2.30. The number of anilines is 3. The van der Waals surface area contributed by atoms with Crippen LogP contribution in [0.1, 0.15) is 11.1 Å². The number of nitrogens with two attached hydrogens (primary N) is 1. The van der Waals surface area contributed by atoms with Crippen molar-refractivity contribution >= 4 is 35.2 Å². The van der Waals surface area contributed by atoms with E-state index >= 15 is 0 Å². The summed E-state index contributed by atoms with van der Waals surface area (Å²) in [5.74, 6) is -0.0474. The number of aromatic nitrogens is 2. The topological polar surface area (TPSA) is 120 Å². The van der Waals surface area contributed by atoms with Crippen molar-refractivity contribution in [3.05, 3.63) is 35.4 Å². The van der Waals surface area contributed by atoms with Crippen molar-refractivity contribution in [1.29, 1.82) is 5.26 Å². The second kappa shape index (κ2) is 8.00. The summed E-state index contributed by atoms with van der Waals surface area (Å²) >= 11 is 1.18. The molecule has 4 N–H and O–H groups in total. The van der Waals surface area contributed by atoms with E-state index in [1.807, 2.05) is 6.07 Å². The summed E-state index contributed by atoms with van der Waals surface area (Å²) < 4.78 is 38.2. The molecular formula is C15H14F3N7OS. The van der Waals surface area contributed by atoms with Crippen molar-refractivity contribution in [1.82, 2.24) is 15.4 Å². The zero-order valence-corrected chi connectivity index (χ0v) is 14.9. The molecule has 1 aromatic carbocycles. The minimum atomic E-state index is -4.53. The molecule has 0 radical (unpaired) electrons. The van der Waals surface area contributed by atoms with E-state index in [-0.39, 0.29) is 23.0 Å². The summed E-state index contributed by atoms with van der Waals surface area (Å²) in [4.78, 5) is 19.9. The minimum Gasteiger partial charge on any atom is -0.368 e. The van der Waals surface area contributed by atoms with E-state index in [0.29, 0.717) is 5.03 Å². The third-order valence-electron chi connectivity index (χ3n) is 3.21. The van der Waals surface area contributed by atoms with Gasteiger partial charge in [0.15, 0.2) is 5.82 Å². The molecule has 0 spiro atoms. The maximum Gasteiger partial charge on any atom is 0.416 e. The Labute approximate surface area is 156 Å². The van der Waals surface area contributed by atoms with Gasteiger partial charge >= 0.3 is 12.2 Å². The number of nitrogen functional groups attached to an aromatic ring is 1. The molecule has 0 unspecified atom stereocenters. The highest BCUT2D eigenvalue weighted by molar-refractivity contribution is 7.98. The number of alkyl halides is 3. The molecule has 27 heavy (non-hydrogen) atoms. The lowest BCUT2D eigenvalue weighted by molar-refractivity contribution is -0.137. The molecule has 2 amide bonds. The Morgan fingerprint density at radius 1 is 1.37 bits per heavy atom. The number of hydrazine groups is 1. The number of urea groups is 1. The SMILES string of the molecule is CSc1nc(N)nc(N(C)NC(=O)Nc2cccc(C(F)(F)F)c2)c1C#N. The van der Waals surface area contributed by atoms with Gasteiger partial charge in [-0.25, -0.2) is 15.2 Å². The van der Waals surface area contributed by atoms with Gasteiger partial charge in [0.05, 0.1) is 5.56 Å². The zero-order chi connectivity index (χ0) is 20.2. The molecule has 2 aromatic rings. The van der Waals surface area contributed by atoms with Crippen LogP contribution in [0.15, 0.2) is 29.3 Å². The minimum absolute atomic E-state index is 0.0496. The highest BCUT2D eigenvalue weighted by atomic mass is 32.2. The predicted molar refractivity (Wildman–Crippen MR) is 94.9 cm³/mol. The highest BCUT2D eigenvalue weighted by Gasteiger charge is 2.30. The van der Waals surface area contributed by atoms with Crippen LogP contribution in [0.25, 0.3) is 0 Å². The molecule has 12 heteroatoms. The van der Waals surface area contributed by atoms with Gasteiger partial charge in [0.2, 0.25) is 5.95 Å². The summed E-state index contributed by atoms with van der Waals surface area (Å²) in [5, 5.41) is 13.0. The van der Waals surface area contributed by atoms with Gasteiger partial charge in [0, 0.05) is 12.7 Å². The first-order valence-corrected chi connectivity index (χ1v) is 8.48. The Balaban J connectivity index is 2.18. The molecule has 0 aliphatic carbocycles. The maximum absolute atomic E-state index is 12.7.